The summed E-state index contributed by atoms with van der Waals surface area (Å²) in [6.07, 6.45) is 10.7. The van der Waals surface area contributed by atoms with E-state index in [4.69, 9.17) is 40.4 Å². The summed E-state index contributed by atoms with van der Waals surface area (Å²) in [7, 11) is 0. The highest BCUT2D eigenvalue weighted by molar-refractivity contribution is 6.31. The van der Waals surface area contributed by atoms with Gasteiger partial charge < -0.3 is 27.6 Å². The second-order valence-corrected chi connectivity index (χ2v) is 17.9. The number of anilines is 2. The molecule has 0 spiro atoms. The quantitative estimate of drug-likeness (QED) is 0.0909. The summed E-state index contributed by atoms with van der Waals surface area (Å²) < 4.78 is 3.24. The van der Waals surface area contributed by atoms with Gasteiger partial charge in [0.1, 0.15) is 11.6 Å². The molecule has 10 rings (SSSR count). The predicted molar refractivity (Wildman–Crippen MR) is 274 cm³/mol. The number of allylic oxidation sites excluding steroid dienone is 2. The van der Waals surface area contributed by atoms with Crippen molar-refractivity contribution < 1.29 is 24.3 Å². The largest absolute Gasteiger partial charge is 0.476 e. The van der Waals surface area contributed by atoms with E-state index >= 15 is 0 Å². The lowest BCUT2D eigenvalue weighted by Gasteiger charge is -2.11. The van der Waals surface area contributed by atoms with E-state index in [1.54, 1.807) is 46.1 Å². The average Bonchev–Trinajstić information content (AvgIpc) is 3.88. The highest BCUT2D eigenvalue weighted by Gasteiger charge is 2.30. The van der Waals surface area contributed by atoms with Crippen LogP contribution in [0.5, 0.6) is 0 Å². The number of benzene rings is 2. The smallest absolute Gasteiger partial charge is 0.357 e. The van der Waals surface area contributed by atoms with Crippen LogP contribution < -0.4 is 22.5 Å². The zero-order chi connectivity index (χ0) is 50.7. The molecule has 0 aliphatic heterocycles. The SMILES string of the molecule is Cc1cc(N)nc(C)c1CN.Cc1cc(N)nc(C)c1CNC(=O)c1nn(Cc2ccc3ncc(Cl)cc3c2)c2c1C(=O)CC=C2.O=C(O)c1nn(Cc2ccc3ncc(Cl)cc3c2)c2c1C(=O)CC=C2. The van der Waals surface area contributed by atoms with Gasteiger partial charge in [-0.05, 0) is 122 Å². The van der Waals surface area contributed by atoms with E-state index in [1.165, 1.54) is 0 Å². The third-order valence-electron chi connectivity index (χ3n) is 12.0. The number of nitrogens with one attached hydrogen (secondary N) is 1. The Morgan fingerprint density at radius 2 is 1.14 bits per heavy atom. The third-order valence-corrected chi connectivity index (χ3v) is 12.4. The van der Waals surface area contributed by atoms with Crippen molar-refractivity contribution in [2.24, 2.45) is 5.73 Å². The number of fused-ring (bicyclic) bond motifs is 4. The Labute approximate surface area is 417 Å². The average molecular weight is 992 g/mol. The van der Waals surface area contributed by atoms with Crippen molar-refractivity contribution in [1.82, 2.24) is 44.8 Å². The molecule has 8 N–H and O–H groups in total. The molecule has 2 aliphatic carbocycles. The molecule has 71 heavy (non-hydrogen) atoms. The van der Waals surface area contributed by atoms with Crippen LogP contribution in [0.25, 0.3) is 34.0 Å². The van der Waals surface area contributed by atoms with Crippen LogP contribution in [-0.4, -0.2) is 68.0 Å². The lowest BCUT2D eigenvalue weighted by Crippen LogP contribution is -2.26. The number of nitrogen functional groups attached to an aromatic ring is 2. The number of carbonyl (C=O) groups excluding carboxylic acids is 3. The van der Waals surface area contributed by atoms with E-state index in [1.807, 2.05) is 88.4 Å². The second kappa shape index (κ2) is 20.9. The number of pyridine rings is 4. The number of carbonyl (C=O) groups is 4. The van der Waals surface area contributed by atoms with Crippen molar-refractivity contribution in [3.63, 3.8) is 0 Å². The van der Waals surface area contributed by atoms with Gasteiger partial charge in [-0.1, -0.05) is 47.5 Å². The number of Topliss-reactive ketones (excluding diaryl/α,β-unsaturated/α-hetero) is 2. The molecule has 0 saturated heterocycles. The van der Waals surface area contributed by atoms with Gasteiger partial charge in [-0.2, -0.15) is 10.2 Å². The number of nitrogens with zero attached hydrogens (tertiary/aromatic N) is 8. The van der Waals surface area contributed by atoms with Crippen LogP contribution in [-0.2, 0) is 26.2 Å². The highest BCUT2D eigenvalue weighted by Crippen LogP contribution is 2.28. The zero-order valence-electron chi connectivity index (χ0n) is 39.1. The van der Waals surface area contributed by atoms with Gasteiger partial charge in [-0.3, -0.25) is 33.7 Å². The van der Waals surface area contributed by atoms with Gasteiger partial charge in [0.25, 0.3) is 5.91 Å². The summed E-state index contributed by atoms with van der Waals surface area (Å²) >= 11 is 12.1. The number of aromatic nitrogens is 8. The van der Waals surface area contributed by atoms with Gasteiger partial charge in [-0.25, -0.2) is 14.8 Å². The molecule has 0 bridgehead atoms. The Kier molecular flexibility index (Phi) is 14.5. The van der Waals surface area contributed by atoms with E-state index in [9.17, 15) is 24.3 Å². The van der Waals surface area contributed by atoms with Crippen molar-refractivity contribution >= 4 is 92.2 Å². The van der Waals surface area contributed by atoms with Crippen LogP contribution in [0.15, 0.2) is 85.2 Å². The number of aromatic carboxylic acids is 1. The minimum absolute atomic E-state index is 0.124. The summed E-state index contributed by atoms with van der Waals surface area (Å²) in [5, 5.41) is 23.8. The number of carboxylic acid groups (broad SMARTS) is 1. The zero-order valence-corrected chi connectivity index (χ0v) is 40.6. The van der Waals surface area contributed by atoms with Crippen molar-refractivity contribution in [2.45, 2.75) is 66.7 Å². The number of hydrogen-bond acceptors (Lipinski definition) is 13. The fourth-order valence-corrected chi connectivity index (χ4v) is 8.93. The fraction of sp³-hybridized carbons (Fsp3) is 0.192. The fourth-order valence-electron chi connectivity index (χ4n) is 8.60. The Hall–Kier alpha value is -8.12. The number of nitrogens with two attached hydrogens (primary N) is 3. The highest BCUT2D eigenvalue weighted by atomic mass is 35.5. The molecule has 0 saturated carbocycles. The minimum atomic E-state index is -1.20. The molecule has 6 aromatic heterocycles. The van der Waals surface area contributed by atoms with Gasteiger partial charge >= 0.3 is 5.97 Å². The second-order valence-electron chi connectivity index (χ2n) is 17.0. The van der Waals surface area contributed by atoms with Crippen LogP contribution in [0.1, 0.15) is 111 Å². The maximum atomic E-state index is 13.2. The van der Waals surface area contributed by atoms with Crippen molar-refractivity contribution in [1.29, 1.82) is 0 Å². The maximum Gasteiger partial charge on any atom is 0.357 e. The van der Waals surface area contributed by atoms with Gasteiger partial charge in [0, 0.05) is 60.5 Å². The molecule has 6 heterocycles. The van der Waals surface area contributed by atoms with Crippen molar-refractivity contribution in [3.8, 4) is 0 Å². The molecule has 0 fully saturated rings. The normalized spacial score (nSPS) is 12.5. The van der Waals surface area contributed by atoms with Crippen LogP contribution >= 0.6 is 23.2 Å². The molecule has 1 amide bonds. The molecule has 8 aromatic rings. The van der Waals surface area contributed by atoms with Gasteiger partial charge in [0.2, 0.25) is 0 Å². The number of rotatable bonds is 9. The molecule has 19 heteroatoms. The van der Waals surface area contributed by atoms with Crippen LogP contribution in [0.2, 0.25) is 10.0 Å². The Balaban J connectivity index is 0.000000163. The topological polar surface area (TPSA) is 266 Å². The van der Waals surface area contributed by atoms with Crippen LogP contribution in [0.3, 0.4) is 0 Å². The summed E-state index contributed by atoms with van der Waals surface area (Å²) in [5.41, 5.74) is 27.7. The van der Waals surface area contributed by atoms with E-state index in [-0.39, 0.29) is 47.9 Å². The minimum Gasteiger partial charge on any atom is -0.476 e. The van der Waals surface area contributed by atoms with Crippen LogP contribution in [0, 0.1) is 27.7 Å². The maximum absolute atomic E-state index is 13.2. The molecule has 360 valence electrons. The lowest BCUT2D eigenvalue weighted by atomic mass is 9.99. The van der Waals surface area contributed by atoms with Crippen molar-refractivity contribution in [3.05, 3.63) is 174 Å². The van der Waals surface area contributed by atoms with Gasteiger partial charge in [-0.15, -0.1) is 0 Å². The molecule has 0 radical (unpaired) electrons. The van der Waals surface area contributed by atoms with E-state index in [2.05, 4.69) is 35.5 Å². The Bertz CT molecular complexity index is 3480. The van der Waals surface area contributed by atoms with Crippen molar-refractivity contribution in [2.75, 3.05) is 11.5 Å². The Morgan fingerprint density at radius 1 is 0.676 bits per heavy atom. The first kappa shape index (κ1) is 49.3. The number of carboxylic acids is 1. The summed E-state index contributed by atoms with van der Waals surface area (Å²) in [6, 6.07) is 18.8. The first-order valence-corrected chi connectivity index (χ1v) is 23.1. The standard InChI is InChI=1S/C26H23ClN6O2.C18H12ClN3O3.C8H13N3/c1-14-8-23(28)31-15(2)19(14)12-30-26(35)25-24-21(4-3-5-22(24)34)33(32-25)13-16-6-7-20-17(9-16)10-18(27)11-29-20;19-12-7-11-6-10(4-5-13(11)20-8-12)9-22-14-2-1-3-15(23)16(14)17(21-22)18(24)25;1-5-3-8(10)11-6(2)7(5)4-9/h3-4,6-11H,5,12-13H2,1-2H3,(H2,28,31)(H,30,35);1-2,4-8H,3,9H2,(H,24,25);3H,4,9H2,1-2H3,(H2,10,11). The molecule has 2 aromatic carbocycles. The first-order chi connectivity index (χ1) is 34.0. The van der Waals surface area contributed by atoms with E-state index < -0.39 is 11.9 Å². The summed E-state index contributed by atoms with van der Waals surface area (Å²) in [6.45, 7) is 9.20. The first-order valence-electron chi connectivity index (χ1n) is 22.3. The summed E-state index contributed by atoms with van der Waals surface area (Å²) in [4.78, 5) is 66.4. The molecular weight excluding hydrogens is 944 g/mol. The predicted octanol–water partition coefficient (Wildman–Crippen LogP) is 8.43. The van der Waals surface area contributed by atoms with Gasteiger partial charge in [0.05, 0.1) is 56.7 Å². The monoisotopic (exact) mass is 990 g/mol. The number of aryl methyl sites for hydroxylation is 4. The molecular formula is C52H48Cl2N12O5. The van der Waals surface area contributed by atoms with E-state index in [0.29, 0.717) is 58.3 Å². The Morgan fingerprint density at radius 3 is 1.61 bits per heavy atom. The number of amides is 1. The molecule has 2 aliphatic rings. The summed E-state index contributed by atoms with van der Waals surface area (Å²) in [5.74, 6) is -0.961. The molecule has 0 unspecified atom stereocenters. The number of ketones is 2. The lowest BCUT2D eigenvalue weighted by molar-refractivity contribution is 0.0684. The number of halogens is 2. The molecule has 17 nitrogen and oxygen atoms in total. The van der Waals surface area contributed by atoms with Crippen LogP contribution in [0.4, 0.5) is 11.6 Å². The van der Waals surface area contributed by atoms with E-state index in [0.717, 1.165) is 66.6 Å². The third kappa shape index (κ3) is 10.9. The molecule has 0 atom stereocenters. The van der Waals surface area contributed by atoms with Gasteiger partial charge in [0.15, 0.2) is 23.0 Å². The number of hydrogen-bond donors (Lipinski definition) is 5.